The quantitative estimate of drug-likeness (QED) is 0.841. The summed E-state index contributed by atoms with van der Waals surface area (Å²) < 4.78 is 23.8. The highest BCUT2D eigenvalue weighted by molar-refractivity contribution is 7.91. The summed E-state index contributed by atoms with van der Waals surface area (Å²) >= 11 is 1.23. The minimum Gasteiger partial charge on any atom is -0.224 e. The number of sulfonamides is 1. The fourth-order valence-corrected chi connectivity index (χ4v) is 4.62. The number of rotatable bonds is 1. The Bertz CT molecular complexity index is 726. The summed E-state index contributed by atoms with van der Waals surface area (Å²) in [5.41, 5.74) is 6.32. The smallest absolute Gasteiger partial charge is 0.224 e. The van der Waals surface area contributed by atoms with Crippen LogP contribution in [0.1, 0.15) is 22.3 Å². The first-order valence-electron chi connectivity index (χ1n) is 5.54. The van der Waals surface area contributed by atoms with E-state index < -0.39 is 10.0 Å². The largest absolute Gasteiger partial charge is 0.265 e. The van der Waals surface area contributed by atoms with Crippen molar-refractivity contribution in [2.75, 3.05) is 0 Å². The number of benzene rings is 1. The van der Waals surface area contributed by atoms with Crippen molar-refractivity contribution in [3.8, 4) is 0 Å². The SMILES string of the molecule is NS(=O)(=O)c1nc2c3c(c4c(c2s1)CC4)CC3. The van der Waals surface area contributed by atoms with Crippen LogP contribution in [0.15, 0.2) is 4.34 Å². The monoisotopic (exact) mass is 266 g/mol. The highest BCUT2D eigenvalue weighted by atomic mass is 32.2. The summed E-state index contributed by atoms with van der Waals surface area (Å²) in [4.78, 5) is 4.24. The Morgan fingerprint density at radius 1 is 1.00 bits per heavy atom. The highest BCUT2D eigenvalue weighted by Gasteiger charge is 2.31. The van der Waals surface area contributed by atoms with Crippen molar-refractivity contribution in [1.29, 1.82) is 0 Å². The lowest BCUT2D eigenvalue weighted by atomic mass is 9.74. The van der Waals surface area contributed by atoms with E-state index in [2.05, 4.69) is 4.98 Å². The average molecular weight is 266 g/mol. The maximum Gasteiger partial charge on any atom is 0.265 e. The van der Waals surface area contributed by atoms with Gasteiger partial charge in [-0.25, -0.2) is 18.5 Å². The molecule has 17 heavy (non-hydrogen) atoms. The van der Waals surface area contributed by atoms with Gasteiger partial charge in [0.15, 0.2) is 0 Å². The van der Waals surface area contributed by atoms with E-state index in [9.17, 15) is 8.42 Å². The number of aryl methyl sites for hydroxylation is 2. The van der Waals surface area contributed by atoms with Crippen molar-refractivity contribution >= 4 is 31.6 Å². The molecule has 1 heterocycles. The third-order valence-corrected chi connectivity index (χ3v) is 6.19. The van der Waals surface area contributed by atoms with E-state index in [4.69, 9.17) is 5.14 Å². The second kappa shape index (κ2) is 2.88. The molecular formula is C11H10N2O2S2. The molecule has 0 amide bonds. The number of primary sulfonamides is 1. The molecule has 4 rings (SSSR count). The zero-order valence-corrected chi connectivity index (χ0v) is 10.6. The summed E-state index contributed by atoms with van der Waals surface area (Å²) in [6.07, 6.45) is 4.32. The average Bonchev–Trinajstić information content (AvgIpc) is 2.53. The van der Waals surface area contributed by atoms with Crippen LogP contribution in [0, 0.1) is 0 Å². The molecule has 0 saturated carbocycles. The van der Waals surface area contributed by atoms with E-state index in [-0.39, 0.29) is 4.34 Å². The Kier molecular flexibility index (Phi) is 1.69. The number of fused-ring (bicyclic) bond motifs is 6. The Hall–Kier alpha value is -0.980. The fourth-order valence-electron chi connectivity index (χ4n) is 2.76. The topological polar surface area (TPSA) is 73.1 Å². The van der Waals surface area contributed by atoms with Gasteiger partial charge in [-0.15, -0.1) is 11.3 Å². The maximum atomic E-state index is 11.4. The van der Waals surface area contributed by atoms with E-state index in [0.717, 1.165) is 35.9 Å². The van der Waals surface area contributed by atoms with Gasteiger partial charge in [0.1, 0.15) is 0 Å². The Morgan fingerprint density at radius 2 is 1.59 bits per heavy atom. The van der Waals surface area contributed by atoms with Crippen LogP contribution < -0.4 is 5.14 Å². The number of nitrogens with two attached hydrogens (primary N) is 1. The first-order chi connectivity index (χ1) is 8.05. The third kappa shape index (κ3) is 1.15. The molecule has 2 aliphatic rings. The number of nitrogens with zero attached hydrogens (tertiary/aromatic N) is 1. The van der Waals surface area contributed by atoms with Crippen LogP contribution in [0.3, 0.4) is 0 Å². The van der Waals surface area contributed by atoms with E-state index in [0.29, 0.717) is 0 Å². The molecule has 2 aliphatic carbocycles. The summed E-state index contributed by atoms with van der Waals surface area (Å²) in [6, 6.07) is 0. The lowest BCUT2D eigenvalue weighted by molar-refractivity contribution is 0.597. The third-order valence-electron chi connectivity index (χ3n) is 3.75. The lowest BCUT2D eigenvalue weighted by Crippen LogP contribution is -2.21. The summed E-state index contributed by atoms with van der Waals surface area (Å²) in [6.45, 7) is 0. The van der Waals surface area contributed by atoms with Gasteiger partial charge in [-0.1, -0.05) is 0 Å². The Morgan fingerprint density at radius 3 is 2.12 bits per heavy atom. The van der Waals surface area contributed by atoms with Gasteiger partial charge in [-0.3, -0.25) is 0 Å². The highest BCUT2D eigenvalue weighted by Crippen LogP contribution is 2.44. The van der Waals surface area contributed by atoms with Gasteiger partial charge in [-0.2, -0.15) is 0 Å². The van der Waals surface area contributed by atoms with Crippen LogP contribution in [0.4, 0.5) is 0 Å². The minimum atomic E-state index is -3.67. The molecule has 0 fully saturated rings. The molecule has 0 atom stereocenters. The molecule has 0 radical (unpaired) electrons. The van der Waals surface area contributed by atoms with Gasteiger partial charge in [0.05, 0.1) is 10.2 Å². The molecule has 0 spiro atoms. The van der Waals surface area contributed by atoms with E-state index in [1.165, 1.54) is 33.6 Å². The van der Waals surface area contributed by atoms with Crippen LogP contribution in [0.2, 0.25) is 0 Å². The first-order valence-corrected chi connectivity index (χ1v) is 7.91. The zero-order valence-electron chi connectivity index (χ0n) is 8.99. The molecular weight excluding hydrogens is 256 g/mol. The molecule has 0 saturated heterocycles. The standard InChI is InChI=1S/C11H10N2O2S2/c12-17(14,15)11-13-9-7-3-1-5(7)6-2-4-8(6)10(9)16-11/h1-4H2,(H2,12,14,15). The van der Waals surface area contributed by atoms with Crippen LogP contribution >= 0.6 is 11.3 Å². The molecule has 88 valence electrons. The predicted octanol–water partition coefficient (Wildman–Crippen LogP) is 1.14. The number of thiazole rings is 1. The maximum absolute atomic E-state index is 11.4. The van der Waals surface area contributed by atoms with Crippen LogP contribution in [-0.4, -0.2) is 13.4 Å². The molecule has 0 bridgehead atoms. The van der Waals surface area contributed by atoms with Gasteiger partial charge < -0.3 is 0 Å². The molecule has 1 aromatic heterocycles. The molecule has 0 unspecified atom stereocenters. The molecule has 1 aromatic carbocycles. The van der Waals surface area contributed by atoms with Crippen LogP contribution in [0.5, 0.6) is 0 Å². The van der Waals surface area contributed by atoms with Crippen molar-refractivity contribution in [3.05, 3.63) is 22.3 Å². The van der Waals surface area contributed by atoms with Crippen molar-refractivity contribution in [2.24, 2.45) is 5.14 Å². The van der Waals surface area contributed by atoms with Crippen LogP contribution in [-0.2, 0) is 35.7 Å². The second-order valence-corrected chi connectivity index (χ2v) is 7.35. The summed E-state index contributed by atoms with van der Waals surface area (Å²) in [7, 11) is -3.67. The Balaban J connectivity index is 2.15. The normalized spacial score (nSPS) is 17.2. The van der Waals surface area contributed by atoms with Gasteiger partial charge in [0.2, 0.25) is 4.34 Å². The van der Waals surface area contributed by atoms with Gasteiger partial charge in [0, 0.05) is 0 Å². The lowest BCUT2D eigenvalue weighted by Gasteiger charge is -2.31. The number of hydrogen-bond acceptors (Lipinski definition) is 4. The van der Waals surface area contributed by atoms with E-state index in [1.54, 1.807) is 0 Å². The second-order valence-electron chi connectivity index (χ2n) is 4.62. The predicted molar refractivity (Wildman–Crippen MR) is 65.8 cm³/mol. The number of aromatic nitrogens is 1. The summed E-state index contributed by atoms with van der Waals surface area (Å²) in [5, 5.41) is 5.15. The molecule has 2 N–H and O–H groups in total. The molecule has 0 aliphatic heterocycles. The van der Waals surface area contributed by atoms with E-state index >= 15 is 0 Å². The fraction of sp³-hybridized carbons (Fsp3) is 0.364. The van der Waals surface area contributed by atoms with Gasteiger partial charge >= 0.3 is 0 Å². The summed E-state index contributed by atoms with van der Waals surface area (Å²) in [5.74, 6) is 0. The van der Waals surface area contributed by atoms with E-state index in [1.807, 2.05) is 0 Å². The molecule has 4 nitrogen and oxygen atoms in total. The van der Waals surface area contributed by atoms with Crippen LogP contribution in [0.25, 0.3) is 10.2 Å². The minimum absolute atomic E-state index is 0.0573. The molecule has 6 heteroatoms. The zero-order chi connectivity index (χ0) is 11.8. The first kappa shape index (κ1) is 9.99. The van der Waals surface area contributed by atoms with Gasteiger partial charge in [0.25, 0.3) is 10.0 Å². The number of hydrogen-bond donors (Lipinski definition) is 1. The van der Waals surface area contributed by atoms with Crippen molar-refractivity contribution in [3.63, 3.8) is 0 Å². The van der Waals surface area contributed by atoms with Crippen molar-refractivity contribution < 1.29 is 8.42 Å². The molecule has 2 aromatic rings. The van der Waals surface area contributed by atoms with Crippen molar-refractivity contribution in [1.82, 2.24) is 4.98 Å². The van der Waals surface area contributed by atoms with Gasteiger partial charge in [-0.05, 0) is 47.9 Å². The Labute approximate surface area is 103 Å². The van der Waals surface area contributed by atoms with Crippen molar-refractivity contribution in [2.45, 2.75) is 30.0 Å².